The molecule has 2 nitrogen and oxygen atoms in total. The van der Waals surface area contributed by atoms with E-state index in [2.05, 4.69) is 62.5 Å². The van der Waals surface area contributed by atoms with E-state index < -0.39 is 0 Å². The van der Waals surface area contributed by atoms with Crippen molar-refractivity contribution in [2.24, 2.45) is 0 Å². The summed E-state index contributed by atoms with van der Waals surface area (Å²) in [5, 5.41) is 3.50. The van der Waals surface area contributed by atoms with Crippen LogP contribution in [0.1, 0.15) is 29.2 Å². The van der Waals surface area contributed by atoms with E-state index >= 15 is 0 Å². The van der Waals surface area contributed by atoms with Crippen LogP contribution in [0.2, 0.25) is 0 Å². The van der Waals surface area contributed by atoms with Gasteiger partial charge in [-0.05, 0) is 62.1 Å². The maximum Gasteiger partial charge on any atom is 0.142 e. The number of hydrogen-bond donors (Lipinski definition) is 1. The zero-order valence-corrected chi connectivity index (χ0v) is 12.8. The van der Waals surface area contributed by atoms with Crippen molar-refractivity contribution >= 4 is 5.69 Å². The molecule has 20 heavy (non-hydrogen) atoms. The minimum atomic E-state index is 0.682. The molecule has 0 aromatic heterocycles. The van der Waals surface area contributed by atoms with Gasteiger partial charge in [0.05, 0.1) is 12.3 Å². The predicted molar refractivity (Wildman–Crippen MR) is 85.6 cm³/mol. The van der Waals surface area contributed by atoms with Crippen LogP contribution >= 0.6 is 0 Å². The second-order valence-corrected chi connectivity index (χ2v) is 5.16. The Morgan fingerprint density at radius 3 is 2.35 bits per heavy atom. The van der Waals surface area contributed by atoms with E-state index in [0.717, 1.165) is 18.0 Å². The Morgan fingerprint density at radius 1 is 1.00 bits per heavy atom. The quantitative estimate of drug-likeness (QED) is 0.855. The van der Waals surface area contributed by atoms with Gasteiger partial charge in [0.1, 0.15) is 5.75 Å². The van der Waals surface area contributed by atoms with E-state index in [1.807, 2.05) is 6.92 Å². The minimum Gasteiger partial charge on any atom is -0.492 e. The minimum absolute atomic E-state index is 0.682. The van der Waals surface area contributed by atoms with Crippen LogP contribution in [-0.2, 0) is 6.54 Å². The zero-order valence-electron chi connectivity index (χ0n) is 12.8. The monoisotopic (exact) mass is 269 g/mol. The van der Waals surface area contributed by atoms with Crippen molar-refractivity contribution in [2.75, 3.05) is 11.9 Å². The Labute approximate surface area is 121 Å². The molecule has 0 saturated carbocycles. The third kappa shape index (κ3) is 3.32. The first kappa shape index (κ1) is 14.4. The lowest BCUT2D eigenvalue weighted by Gasteiger charge is -2.15. The van der Waals surface area contributed by atoms with Crippen molar-refractivity contribution in [3.05, 3.63) is 58.7 Å². The van der Waals surface area contributed by atoms with Crippen LogP contribution in [-0.4, -0.2) is 6.61 Å². The molecule has 106 valence electrons. The molecular weight excluding hydrogens is 246 g/mol. The molecule has 0 radical (unpaired) electrons. The van der Waals surface area contributed by atoms with Gasteiger partial charge in [-0.3, -0.25) is 0 Å². The van der Waals surface area contributed by atoms with Crippen LogP contribution in [0.4, 0.5) is 5.69 Å². The lowest BCUT2D eigenvalue weighted by molar-refractivity contribution is 0.341. The molecule has 0 aliphatic rings. The average Bonchev–Trinajstić information content (AvgIpc) is 2.40. The fourth-order valence-corrected chi connectivity index (χ4v) is 2.36. The lowest BCUT2D eigenvalue weighted by Crippen LogP contribution is -2.05. The van der Waals surface area contributed by atoms with E-state index in [9.17, 15) is 0 Å². The summed E-state index contributed by atoms with van der Waals surface area (Å²) in [6.07, 6.45) is 0. The Balaban J connectivity index is 2.18. The average molecular weight is 269 g/mol. The van der Waals surface area contributed by atoms with Gasteiger partial charge in [-0.25, -0.2) is 0 Å². The predicted octanol–water partition coefficient (Wildman–Crippen LogP) is 4.62. The number of benzene rings is 2. The molecule has 0 aliphatic carbocycles. The SMILES string of the molecule is CCOc1cc(C)ccc1NCc1c(C)cccc1C. The molecular formula is C18H23NO. The van der Waals surface area contributed by atoms with Crippen molar-refractivity contribution in [1.82, 2.24) is 0 Å². The van der Waals surface area contributed by atoms with Crippen LogP contribution < -0.4 is 10.1 Å². The van der Waals surface area contributed by atoms with Crippen LogP contribution in [0.3, 0.4) is 0 Å². The van der Waals surface area contributed by atoms with Crippen molar-refractivity contribution in [3.8, 4) is 5.75 Å². The van der Waals surface area contributed by atoms with Gasteiger partial charge in [0.2, 0.25) is 0 Å². The van der Waals surface area contributed by atoms with Gasteiger partial charge in [0.25, 0.3) is 0 Å². The Hall–Kier alpha value is -1.96. The molecule has 2 heteroatoms. The lowest BCUT2D eigenvalue weighted by atomic mass is 10.0. The Morgan fingerprint density at radius 2 is 1.70 bits per heavy atom. The number of rotatable bonds is 5. The van der Waals surface area contributed by atoms with Crippen molar-refractivity contribution in [1.29, 1.82) is 0 Å². The first-order chi connectivity index (χ1) is 9.61. The number of ether oxygens (including phenoxy) is 1. The summed E-state index contributed by atoms with van der Waals surface area (Å²) in [5.74, 6) is 0.929. The standard InChI is InChI=1S/C18H23NO/c1-5-20-18-11-13(2)9-10-17(18)19-12-16-14(3)7-6-8-15(16)4/h6-11,19H,5,12H2,1-4H3. The van der Waals surface area contributed by atoms with Crippen LogP contribution in [0, 0.1) is 20.8 Å². The summed E-state index contributed by atoms with van der Waals surface area (Å²) < 4.78 is 5.70. The van der Waals surface area contributed by atoms with E-state index in [1.54, 1.807) is 0 Å². The summed E-state index contributed by atoms with van der Waals surface area (Å²) in [5.41, 5.74) is 6.27. The molecule has 0 saturated heterocycles. The normalized spacial score (nSPS) is 10.4. The smallest absolute Gasteiger partial charge is 0.142 e. The molecule has 2 aromatic rings. The summed E-state index contributed by atoms with van der Waals surface area (Å²) in [6.45, 7) is 9.91. The third-order valence-electron chi connectivity index (χ3n) is 3.54. The topological polar surface area (TPSA) is 21.3 Å². The zero-order chi connectivity index (χ0) is 14.5. The highest BCUT2D eigenvalue weighted by Crippen LogP contribution is 2.27. The second kappa shape index (κ2) is 6.47. The van der Waals surface area contributed by atoms with Gasteiger partial charge in [-0.2, -0.15) is 0 Å². The summed E-state index contributed by atoms with van der Waals surface area (Å²) in [6, 6.07) is 12.7. The summed E-state index contributed by atoms with van der Waals surface area (Å²) in [7, 11) is 0. The summed E-state index contributed by atoms with van der Waals surface area (Å²) in [4.78, 5) is 0. The van der Waals surface area contributed by atoms with Gasteiger partial charge in [0, 0.05) is 6.54 Å². The van der Waals surface area contributed by atoms with Gasteiger partial charge < -0.3 is 10.1 Å². The summed E-state index contributed by atoms with van der Waals surface area (Å²) >= 11 is 0. The highest BCUT2D eigenvalue weighted by Gasteiger charge is 2.06. The molecule has 0 amide bonds. The molecule has 1 N–H and O–H groups in total. The van der Waals surface area contributed by atoms with Gasteiger partial charge in [-0.15, -0.1) is 0 Å². The number of nitrogens with one attached hydrogen (secondary N) is 1. The Kier molecular flexibility index (Phi) is 4.67. The number of hydrogen-bond acceptors (Lipinski definition) is 2. The molecule has 0 heterocycles. The largest absolute Gasteiger partial charge is 0.492 e. The molecule has 0 atom stereocenters. The second-order valence-electron chi connectivity index (χ2n) is 5.16. The molecule has 0 spiro atoms. The maximum atomic E-state index is 5.70. The van der Waals surface area contributed by atoms with E-state index in [0.29, 0.717) is 6.61 Å². The highest BCUT2D eigenvalue weighted by atomic mass is 16.5. The van der Waals surface area contributed by atoms with E-state index in [1.165, 1.54) is 22.3 Å². The van der Waals surface area contributed by atoms with Crippen LogP contribution in [0.5, 0.6) is 5.75 Å². The van der Waals surface area contributed by atoms with Gasteiger partial charge >= 0.3 is 0 Å². The molecule has 2 rings (SSSR count). The van der Waals surface area contributed by atoms with Crippen molar-refractivity contribution in [2.45, 2.75) is 34.2 Å². The number of aryl methyl sites for hydroxylation is 3. The number of anilines is 1. The van der Waals surface area contributed by atoms with Crippen LogP contribution in [0.15, 0.2) is 36.4 Å². The Bertz CT molecular complexity index is 570. The van der Waals surface area contributed by atoms with Crippen molar-refractivity contribution < 1.29 is 4.74 Å². The highest BCUT2D eigenvalue weighted by molar-refractivity contribution is 5.58. The molecule has 0 unspecified atom stereocenters. The molecule has 0 bridgehead atoms. The first-order valence-electron chi connectivity index (χ1n) is 7.14. The molecule has 0 aliphatic heterocycles. The maximum absolute atomic E-state index is 5.70. The fourth-order valence-electron chi connectivity index (χ4n) is 2.36. The van der Waals surface area contributed by atoms with Crippen LogP contribution in [0.25, 0.3) is 0 Å². The van der Waals surface area contributed by atoms with E-state index in [4.69, 9.17) is 4.74 Å². The van der Waals surface area contributed by atoms with Crippen molar-refractivity contribution in [3.63, 3.8) is 0 Å². The van der Waals surface area contributed by atoms with E-state index in [-0.39, 0.29) is 0 Å². The molecule has 0 fully saturated rings. The molecule has 2 aromatic carbocycles. The fraction of sp³-hybridized carbons (Fsp3) is 0.333. The first-order valence-corrected chi connectivity index (χ1v) is 7.14. The van der Waals surface area contributed by atoms with Gasteiger partial charge in [0.15, 0.2) is 0 Å². The third-order valence-corrected chi connectivity index (χ3v) is 3.54. The van der Waals surface area contributed by atoms with Gasteiger partial charge in [-0.1, -0.05) is 24.3 Å².